The molecular formula is C10H17NO4. The number of carboxylic acids is 2. The Morgan fingerprint density at radius 2 is 1.87 bits per heavy atom. The molecule has 0 bridgehead atoms. The largest absolute Gasteiger partial charge is 0.480 e. The fraction of sp³-hybridized carbons (Fsp3) is 0.600. The Bertz CT molecular complexity index is 246. The molecule has 0 aromatic heterocycles. The minimum absolute atomic E-state index is 0.383. The zero-order chi connectivity index (χ0) is 11.8. The van der Waals surface area contributed by atoms with Gasteiger partial charge in [-0.05, 0) is 33.2 Å². The Balaban J connectivity index is 3.83. The molecule has 0 fully saturated rings. The van der Waals surface area contributed by atoms with E-state index in [-0.39, 0.29) is 0 Å². The van der Waals surface area contributed by atoms with E-state index in [1.54, 1.807) is 0 Å². The summed E-state index contributed by atoms with van der Waals surface area (Å²) in [4.78, 5) is 20.9. The molecular weight excluding hydrogens is 198 g/mol. The van der Waals surface area contributed by atoms with Crippen LogP contribution < -0.4 is 5.32 Å². The Morgan fingerprint density at radius 1 is 1.33 bits per heavy atom. The first-order chi connectivity index (χ1) is 6.99. The summed E-state index contributed by atoms with van der Waals surface area (Å²) in [6, 6.07) is -1.50. The van der Waals surface area contributed by atoms with Crippen LogP contribution >= 0.6 is 0 Å². The summed E-state index contributed by atoms with van der Waals surface area (Å²) in [6.07, 6.45) is 3.55. The molecule has 0 saturated heterocycles. The molecule has 0 rings (SSSR count). The van der Waals surface area contributed by atoms with Crippen molar-refractivity contribution in [3.05, 3.63) is 11.6 Å². The van der Waals surface area contributed by atoms with E-state index in [0.29, 0.717) is 6.54 Å². The molecule has 86 valence electrons. The van der Waals surface area contributed by atoms with Crippen LogP contribution in [0.2, 0.25) is 0 Å². The molecule has 5 heteroatoms. The van der Waals surface area contributed by atoms with Gasteiger partial charge in [0.15, 0.2) is 0 Å². The van der Waals surface area contributed by atoms with E-state index in [2.05, 4.69) is 5.32 Å². The van der Waals surface area contributed by atoms with Gasteiger partial charge < -0.3 is 10.2 Å². The molecule has 0 saturated carbocycles. The molecule has 0 aliphatic carbocycles. The predicted octanol–water partition coefficient (Wildman–Crippen LogP) is 0.860. The maximum atomic E-state index is 10.5. The molecule has 0 aliphatic heterocycles. The van der Waals surface area contributed by atoms with Gasteiger partial charge in [0.1, 0.15) is 0 Å². The first-order valence-electron chi connectivity index (χ1n) is 4.79. The quantitative estimate of drug-likeness (QED) is 0.333. The van der Waals surface area contributed by atoms with Crippen LogP contribution in [0.25, 0.3) is 0 Å². The first-order valence-corrected chi connectivity index (χ1v) is 4.79. The van der Waals surface area contributed by atoms with Crippen molar-refractivity contribution >= 4 is 11.9 Å². The molecule has 15 heavy (non-hydrogen) atoms. The van der Waals surface area contributed by atoms with Gasteiger partial charge in [-0.25, -0.2) is 9.59 Å². The van der Waals surface area contributed by atoms with Crippen molar-refractivity contribution in [2.24, 2.45) is 0 Å². The van der Waals surface area contributed by atoms with E-state index in [1.165, 1.54) is 5.57 Å². The highest BCUT2D eigenvalue weighted by molar-refractivity contribution is 5.97. The second-order valence-corrected chi connectivity index (χ2v) is 3.30. The molecule has 0 heterocycles. The SMILES string of the molecule is CC=C(C)CCCNC(C(=O)O)C(=O)O. The normalized spacial score (nSPS) is 11.8. The number of hydrogen-bond acceptors (Lipinski definition) is 3. The summed E-state index contributed by atoms with van der Waals surface area (Å²) >= 11 is 0. The number of rotatable bonds is 7. The predicted molar refractivity (Wildman–Crippen MR) is 55.7 cm³/mol. The third-order valence-electron chi connectivity index (χ3n) is 2.08. The van der Waals surface area contributed by atoms with Crippen molar-refractivity contribution in [1.29, 1.82) is 0 Å². The number of nitrogens with one attached hydrogen (secondary N) is 1. The summed E-state index contributed by atoms with van der Waals surface area (Å²) in [5.41, 5.74) is 1.21. The summed E-state index contributed by atoms with van der Waals surface area (Å²) in [5.74, 6) is -2.71. The van der Waals surface area contributed by atoms with Crippen LogP contribution in [0, 0.1) is 0 Å². The highest BCUT2D eigenvalue weighted by atomic mass is 16.4. The van der Waals surface area contributed by atoms with Crippen LogP contribution in [-0.2, 0) is 9.59 Å². The van der Waals surface area contributed by atoms with Crippen LogP contribution in [0.3, 0.4) is 0 Å². The topological polar surface area (TPSA) is 86.6 Å². The van der Waals surface area contributed by atoms with E-state index in [0.717, 1.165) is 12.8 Å². The smallest absolute Gasteiger partial charge is 0.332 e. The summed E-state index contributed by atoms with van der Waals surface area (Å²) in [5, 5.41) is 19.6. The van der Waals surface area contributed by atoms with Gasteiger partial charge in [0, 0.05) is 0 Å². The highest BCUT2D eigenvalue weighted by Crippen LogP contribution is 2.02. The maximum absolute atomic E-state index is 10.5. The average molecular weight is 215 g/mol. The van der Waals surface area contributed by atoms with Gasteiger partial charge in [0.05, 0.1) is 0 Å². The molecule has 0 aliphatic rings. The lowest BCUT2D eigenvalue weighted by atomic mass is 10.1. The Morgan fingerprint density at radius 3 is 2.27 bits per heavy atom. The lowest BCUT2D eigenvalue weighted by Crippen LogP contribution is -2.43. The van der Waals surface area contributed by atoms with Gasteiger partial charge in [0.2, 0.25) is 6.04 Å². The molecule has 0 amide bonds. The Kier molecular flexibility index (Phi) is 6.37. The molecule has 5 nitrogen and oxygen atoms in total. The van der Waals surface area contributed by atoms with E-state index < -0.39 is 18.0 Å². The van der Waals surface area contributed by atoms with E-state index in [4.69, 9.17) is 10.2 Å². The lowest BCUT2D eigenvalue weighted by molar-refractivity contribution is -0.151. The minimum atomic E-state index is -1.50. The first kappa shape index (κ1) is 13.6. The molecule has 0 aromatic carbocycles. The van der Waals surface area contributed by atoms with Crippen molar-refractivity contribution in [3.63, 3.8) is 0 Å². The molecule has 0 atom stereocenters. The fourth-order valence-electron chi connectivity index (χ4n) is 1.04. The zero-order valence-corrected chi connectivity index (χ0v) is 8.99. The molecule has 3 N–H and O–H groups in total. The van der Waals surface area contributed by atoms with Gasteiger partial charge in [-0.3, -0.25) is 5.32 Å². The third-order valence-corrected chi connectivity index (χ3v) is 2.08. The Hall–Kier alpha value is -1.36. The second kappa shape index (κ2) is 7.00. The van der Waals surface area contributed by atoms with Gasteiger partial charge in [-0.15, -0.1) is 0 Å². The molecule has 0 unspecified atom stereocenters. The fourth-order valence-corrected chi connectivity index (χ4v) is 1.04. The maximum Gasteiger partial charge on any atom is 0.332 e. The van der Waals surface area contributed by atoms with Crippen molar-refractivity contribution in [2.75, 3.05) is 6.54 Å². The van der Waals surface area contributed by atoms with Crippen molar-refractivity contribution < 1.29 is 19.8 Å². The average Bonchev–Trinajstić information content (AvgIpc) is 2.15. The number of aliphatic carboxylic acids is 2. The highest BCUT2D eigenvalue weighted by Gasteiger charge is 2.24. The van der Waals surface area contributed by atoms with Crippen molar-refractivity contribution in [3.8, 4) is 0 Å². The number of carboxylic acid groups (broad SMARTS) is 2. The van der Waals surface area contributed by atoms with Crippen molar-refractivity contribution in [1.82, 2.24) is 5.32 Å². The third kappa shape index (κ3) is 5.85. The molecule has 0 aromatic rings. The molecule has 0 radical (unpaired) electrons. The standard InChI is InChI=1S/C10H17NO4/c1-3-7(2)5-4-6-11-8(9(12)13)10(14)15/h3,8,11H,4-6H2,1-2H3,(H,12,13)(H,14,15). The van der Waals surface area contributed by atoms with Crippen molar-refractivity contribution in [2.45, 2.75) is 32.7 Å². The summed E-state index contributed by atoms with van der Waals surface area (Å²) in [7, 11) is 0. The van der Waals surface area contributed by atoms with Crippen LogP contribution in [0.1, 0.15) is 26.7 Å². The van der Waals surface area contributed by atoms with Crippen LogP contribution in [0.4, 0.5) is 0 Å². The Labute approximate surface area is 88.8 Å². The second-order valence-electron chi connectivity index (χ2n) is 3.30. The van der Waals surface area contributed by atoms with E-state index >= 15 is 0 Å². The summed E-state index contributed by atoms with van der Waals surface area (Å²) in [6.45, 7) is 4.29. The lowest BCUT2D eigenvalue weighted by Gasteiger charge is -2.09. The van der Waals surface area contributed by atoms with Gasteiger partial charge in [-0.1, -0.05) is 11.6 Å². The van der Waals surface area contributed by atoms with Crippen LogP contribution in [0.5, 0.6) is 0 Å². The van der Waals surface area contributed by atoms with Gasteiger partial charge in [0.25, 0.3) is 0 Å². The zero-order valence-electron chi connectivity index (χ0n) is 8.99. The number of carbonyl (C=O) groups is 2. The molecule has 0 spiro atoms. The van der Waals surface area contributed by atoms with Crippen LogP contribution in [0.15, 0.2) is 11.6 Å². The minimum Gasteiger partial charge on any atom is -0.480 e. The van der Waals surface area contributed by atoms with Crippen LogP contribution in [-0.4, -0.2) is 34.7 Å². The van der Waals surface area contributed by atoms with Gasteiger partial charge in [-0.2, -0.15) is 0 Å². The number of allylic oxidation sites excluding steroid dienone is 2. The monoisotopic (exact) mass is 215 g/mol. The van der Waals surface area contributed by atoms with E-state index in [9.17, 15) is 9.59 Å². The van der Waals surface area contributed by atoms with E-state index in [1.807, 2.05) is 19.9 Å². The van der Waals surface area contributed by atoms with Gasteiger partial charge >= 0.3 is 11.9 Å². The number of hydrogen-bond donors (Lipinski definition) is 3. The summed E-state index contributed by atoms with van der Waals surface area (Å²) < 4.78 is 0.